The second kappa shape index (κ2) is 8.10. The molecule has 5 nitrogen and oxygen atoms in total. The van der Waals surface area contributed by atoms with E-state index in [1.54, 1.807) is 11.9 Å². The van der Waals surface area contributed by atoms with Gasteiger partial charge in [-0.1, -0.05) is 45.7 Å². The lowest BCUT2D eigenvalue weighted by Crippen LogP contribution is -2.28. The van der Waals surface area contributed by atoms with Gasteiger partial charge in [0.2, 0.25) is 5.91 Å². The number of hydrogen-bond acceptors (Lipinski definition) is 4. The van der Waals surface area contributed by atoms with Gasteiger partial charge in [-0.15, -0.1) is 0 Å². The van der Waals surface area contributed by atoms with Gasteiger partial charge in [-0.3, -0.25) is 4.79 Å². The van der Waals surface area contributed by atoms with E-state index in [0.717, 1.165) is 10.0 Å². The number of benzene rings is 1. The lowest BCUT2D eigenvalue weighted by molar-refractivity contribution is -0.130. The van der Waals surface area contributed by atoms with Gasteiger partial charge < -0.3 is 10.2 Å². The molecule has 0 aliphatic carbocycles. The molecule has 22 heavy (non-hydrogen) atoms. The normalized spacial score (nSPS) is 10.3. The smallest absolute Gasteiger partial charge is 0.224 e. The Morgan fingerprint density at radius 1 is 1.41 bits per heavy atom. The van der Waals surface area contributed by atoms with E-state index in [1.165, 1.54) is 12.5 Å². The number of halogens is 2. The van der Waals surface area contributed by atoms with Crippen LogP contribution in [0.15, 0.2) is 41.3 Å². The summed E-state index contributed by atoms with van der Waals surface area (Å²) in [6, 6.07) is 7.86. The van der Waals surface area contributed by atoms with Crippen LogP contribution in [0.2, 0.25) is 5.02 Å². The van der Waals surface area contributed by atoms with Gasteiger partial charge in [-0.2, -0.15) is 0 Å². The van der Waals surface area contributed by atoms with Crippen LogP contribution >= 0.6 is 27.5 Å². The average molecular weight is 384 g/mol. The van der Waals surface area contributed by atoms with Crippen LogP contribution in [0.4, 0.5) is 5.82 Å². The fraction of sp³-hybridized carbons (Fsp3) is 0.267. The van der Waals surface area contributed by atoms with Crippen molar-refractivity contribution in [1.82, 2.24) is 14.9 Å². The third-order valence-corrected chi connectivity index (χ3v) is 4.14. The Kier molecular flexibility index (Phi) is 6.15. The minimum atomic E-state index is 0.0495. The first-order chi connectivity index (χ1) is 10.6. The summed E-state index contributed by atoms with van der Waals surface area (Å²) in [5.41, 5.74) is 1.07. The van der Waals surface area contributed by atoms with Crippen LogP contribution in [0.3, 0.4) is 0 Å². The number of hydrogen-bond donors (Lipinski definition) is 1. The van der Waals surface area contributed by atoms with Crippen molar-refractivity contribution in [2.45, 2.75) is 13.0 Å². The maximum Gasteiger partial charge on any atom is 0.224 e. The predicted molar refractivity (Wildman–Crippen MR) is 90.8 cm³/mol. The Balaban J connectivity index is 1.82. The monoisotopic (exact) mass is 382 g/mol. The molecule has 2 aromatic rings. The van der Waals surface area contributed by atoms with Crippen molar-refractivity contribution in [2.24, 2.45) is 0 Å². The maximum absolute atomic E-state index is 12.1. The quantitative estimate of drug-likeness (QED) is 0.831. The second-order valence-electron chi connectivity index (χ2n) is 4.74. The van der Waals surface area contributed by atoms with E-state index < -0.39 is 0 Å². The molecule has 0 aliphatic rings. The van der Waals surface area contributed by atoms with Crippen molar-refractivity contribution >= 4 is 39.3 Å². The number of amides is 1. The van der Waals surface area contributed by atoms with E-state index in [4.69, 9.17) is 11.6 Å². The van der Waals surface area contributed by atoms with Crippen molar-refractivity contribution in [2.75, 3.05) is 18.9 Å². The average Bonchev–Trinajstić information content (AvgIpc) is 2.51. The maximum atomic E-state index is 12.1. The molecule has 0 aliphatic heterocycles. The number of nitrogens with one attached hydrogen (secondary N) is 1. The summed E-state index contributed by atoms with van der Waals surface area (Å²) in [6.45, 7) is 1.03. The number of carbonyl (C=O) groups excluding carboxylic acids is 1. The summed E-state index contributed by atoms with van der Waals surface area (Å²) >= 11 is 9.42. The fourth-order valence-electron chi connectivity index (χ4n) is 1.89. The molecule has 1 aromatic carbocycles. The van der Waals surface area contributed by atoms with Gasteiger partial charge in [0.25, 0.3) is 0 Å². The Morgan fingerprint density at radius 2 is 2.18 bits per heavy atom. The molecule has 0 unspecified atom stereocenters. The first-order valence-corrected chi connectivity index (χ1v) is 7.91. The van der Waals surface area contributed by atoms with E-state index >= 15 is 0 Å². The molecular weight excluding hydrogens is 368 g/mol. The molecule has 0 atom stereocenters. The largest absolute Gasteiger partial charge is 0.368 e. The number of nitrogens with zero attached hydrogens (tertiary/aromatic N) is 3. The van der Waals surface area contributed by atoms with Crippen LogP contribution in [-0.4, -0.2) is 34.4 Å². The van der Waals surface area contributed by atoms with Gasteiger partial charge in [-0.05, 0) is 11.6 Å². The van der Waals surface area contributed by atoms with Crippen LogP contribution in [0, 0.1) is 0 Å². The summed E-state index contributed by atoms with van der Waals surface area (Å²) in [5, 5.41) is 3.48. The molecule has 116 valence electrons. The number of carbonyl (C=O) groups is 1. The molecule has 1 aromatic heterocycles. The van der Waals surface area contributed by atoms with Crippen LogP contribution in [0.25, 0.3) is 0 Å². The van der Waals surface area contributed by atoms with Crippen LogP contribution < -0.4 is 5.32 Å². The fourth-order valence-corrected chi connectivity index (χ4v) is 2.47. The molecule has 0 fully saturated rings. The van der Waals surface area contributed by atoms with Crippen molar-refractivity contribution < 1.29 is 4.79 Å². The zero-order valence-corrected chi connectivity index (χ0v) is 14.4. The topological polar surface area (TPSA) is 58.1 Å². The first kappa shape index (κ1) is 16.7. The molecular formula is C15H16BrClN4O. The molecule has 1 amide bonds. The summed E-state index contributed by atoms with van der Waals surface area (Å²) in [5.74, 6) is 0.589. The van der Waals surface area contributed by atoms with Crippen molar-refractivity contribution in [1.29, 1.82) is 0 Å². The predicted octanol–water partition coefficient (Wildman–Crippen LogP) is 3.35. The lowest BCUT2D eigenvalue weighted by Gasteiger charge is -2.18. The molecule has 0 saturated carbocycles. The van der Waals surface area contributed by atoms with Crippen molar-refractivity contribution in [3.8, 4) is 0 Å². The molecule has 7 heteroatoms. The Morgan fingerprint density at radius 3 is 2.91 bits per heavy atom. The highest BCUT2D eigenvalue weighted by Gasteiger charge is 2.11. The molecule has 0 spiro atoms. The zero-order chi connectivity index (χ0) is 15.9. The van der Waals surface area contributed by atoms with Crippen LogP contribution in [-0.2, 0) is 11.3 Å². The third-order valence-electron chi connectivity index (χ3n) is 3.09. The highest BCUT2D eigenvalue weighted by atomic mass is 79.9. The number of aromatic nitrogens is 2. The van der Waals surface area contributed by atoms with E-state index in [-0.39, 0.29) is 5.91 Å². The minimum absolute atomic E-state index is 0.0495. The van der Waals surface area contributed by atoms with Gasteiger partial charge in [0.05, 0.1) is 6.20 Å². The Hall–Kier alpha value is -1.66. The van der Waals surface area contributed by atoms with E-state index in [0.29, 0.717) is 30.4 Å². The second-order valence-corrected chi connectivity index (χ2v) is 6.00. The minimum Gasteiger partial charge on any atom is -0.368 e. The molecule has 2 rings (SSSR count). The molecule has 0 saturated heterocycles. The van der Waals surface area contributed by atoms with Crippen LogP contribution in [0.1, 0.15) is 12.0 Å². The van der Waals surface area contributed by atoms with Crippen molar-refractivity contribution in [3.63, 3.8) is 0 Å². The molecule has 1 N–H and O–H groups in total. The van der Waals surface area contributed by atoms with Gasteiger partial charge in [0, 0.05) is 31.0 Å². The lowest BCUT2D eigenvalue weighted by atomic mass is 10.2. The van der Waals surface area contributed by atoms with Gasteiger partial charge in [0.15, 0.2) is 0 Å². The highest BCUT2D eigenvalue weighted by Crippen LogP contribution is 2.18. The van der Waals surface area contributed by atoms with E-state index in [1.807, 2.05) is 24.3 Å². The number of anilines is 1. The van der Waals surface area contributed by atoms with Gasteiger partial charge in [-0.25, -0.2) is 9.97 Å². The molecule has 0 radical (unpaired) electrons. The highest BCUT2D eigenvalue weighted by molar-refractivity contribution is 9.10. The SMILES string of the molecule is CN(Cc1ccccc1Br)C(=O)CCNc1ncncc1Cl. The van der Waals surface area contributed by atoms with Gasteiger partial charge in [0.1, 0.15) is 17.2 Å². The molecule has 1 heterocycles. The zero-order valence-electron chi connectivity index (χ0n) is 12.1. The Labute approximate surface area is 142 Å². The van der Waals surface area contributed by atoms with E-state index in [9.17, 15) is 4.79 Å². The summed E-state index contributed by atoms with van der Waals surface area (Å²) in [7, 11) is 1.79. The number of rotatable bonds is 6. The molecule has 0 bridgehead atoms. The first-order valence-electron chi connectivity index (χ1n) is 6.74. The van der Waals surface area contributed by atoms with Crippen molar-refractivity contribution in [3.05, 3.63) is 51.8 Å². The third kappa shape index (κ3) is 4.68. The van der Waals surface area contributed by atoms with Gasteiger partial charge >= 0.3 is 0 Å². The summed E-state index contributed by atoms with van der Waals surface area (Å²) < 4.78 is 1.00. The Bertz CT molecular complexity index is 653. The standard InChI is InChI=1S/C15H16BrClN4O/c1-21(9-11-4-2-3-5-12(11)16)14(22)6-7-19-15-13(17)8-18-10-20-15/h2-5,8,10H,6-7,9H2,1H3,(H,18,19,20). The summed E-state index contributed by atoms with van der Waals surface area (Å²) in [6.07, 6.45) is 3.29. The summed E-state index contributed by atoms with van der Waals surface area (Å²) in [4.78, 5) is 21.7. The van der Waals surface area contributed by atoms with Crippen LogP contribution in [0.5, 0.6) is 0 Å². The van der Waals surface area contributed by atoms with E-state index in [2.05, 4.69) is 31.2 Å².